The lowest BCUT2D eigenvalue weighted by atomic mass is 10.0. The number of hydrogen-bond donors (Lipinski definition) is 1. The maximum absolute atomic E-state index is 13.1. The van der Waals surface area contributed by atoms with E-state index in [0.717, 1.165) is 21.3 Å². The zero-order valence-corrected chi connectivity index (χ0v) is 17.7. The standard InChI is InChI=1S/C22H20N2O3S2/c1-3-24-16-10-11-28-18(16)12-17(24)20(25)23-21-19(22(26)27-4-2)15(13-29-21)14-8-6-5-7-9-14/h5-13H,3-4H2,1-2H3,(H,23,25). The van der Waals surface area contributed by atoms with Crippen LogP contribution in [0.4, 0.5) is 5.00 Å². The largest absolute Gasteiger partial charge is 0.462 e. The molecule has 0 aliphatic carbocycles. The highest BCUT2D eigenvalue weighted by Gasteiger charge is 2.24. The predicted octanol–water partition coefficient (Wildman–Crippen LogP) is 5.88. The molecule has 0 saturated carbocycles. The molecule has 7 heteroatoms. The van der Waals surface area contributed by atoms with Crippen molar-refractivity contribution < 1.29 is 14.3 Å². The zero-order chi connectivity index (χ0) is 20.4. The smallest absolute Gasteiger partial charge is 0.341 e. The first kappa shape index (κ1) is 19.4. The normalized spacial score (nSPS) is 11.0. The van der Waals surface area contributed by atoms with Gasteiger partial charge in [-0.15, -0.1) is 22.7 Å². The molecule has 5 nitrogen and oxygen atoms in total. The fourth-order valence-corrected chi connectivity index (χ4v) is 5.13. The summed E-state index contributed by atoms with van der Waals surface area (Å²) in [6.45, 7) is 4.74. The molecule has 3 heterocycles. The number of hydrogen-bond acceptors (Lipinski definition) is 5. The van der Waals surface area contributed by atoms with E-state index in [0.29, 0.717) is 22.8 Å². The van der Waals surface area contributed by atoms with Crippen molar-refractivity contribution >= 4 is 49.8 Å². The van der Waals surface area contributed by atoms with Crippen LogP contribution in [0.25, 0.3) is 21.3 Å². The number of aromatic nitrogens is 1. The van der Waals surface area contributed by atoms with E-state index in [-0.39, 0.29) is 12.5 Å². The van der Waals surface area contributed by atoms with Gasteiger partial charge in [-0.1, -0.05) is 30.3 Å². The number of fused-ring (bicyclic) bond motifs is 1. The Morgan fingerprint density at radius 2 is 1.90 bits per heavy atom. The summed E-state index contributed by atoms with van der Waals surface area (Å²) >= 11 is 2.94. The number of carbonyl (C=O) groups is 2. The number of nitrogens with zero attached hydrogens (tertiary/aromatic N) is 1. The number of anilines is 1. The van der Waals surface area contributed by atoms with Crippen LogP contribution in [0.2, 0.25) is 0 Å². The Labute approximate surface area is 176 Å². The second-order valence-electron chi connectivity index (χ2n) is 6.34. The molecule has 29 heavy (non-hydrogen) atoms. The third-order valence-corrected chi connectivity index (χ3v) is 6.40. The van der Waals surface area contributed by atoms with Gasteiger partial charge in [0.15, 0.2) is 0 Å². The van der Waals surface area contributed by atoms with Gasteiger partial charge in [-0.05, 0) is 36.9 Å². The number of carbonyl (C=O) groups excluding carboxylic acids is 2. The van der Waals surface area contributed by atoms with Crippen LogP contribution in [0.15, 0.2) is 53.2 Å². The fourth-order valence-electron chi connectivity index (χ4n) is 3.36. The molecule has 148 valence electrons. The highest BCUT2D eigenvalue weighted by molar-refractivity contribution is 7.17. The third-order valence-electron chi connectivity index (χ3n) is 4.65. The van der Waals surface area contributed by atoms with Crippen molar-refractivity contribution in [1.29, 1.82) is 0 Å². The number of rotatable bonds is 6. The van der Waals surface area contributed by atoms with Gasteiger partial charge >= 0.3 is 5.97 Å². The Hall–Kier alpha value is -2.90. The number of aryl methyl sites for hydroxylation is 1. The minimum absolute atomic E-state index is 0.234. The van der Waals surface area contributed by atoms with Gasteiger partial charge in [0, 0.05) is 17.5 Å². The first-order valence-corrected chi connectivity index (χ1v) is 11.1. The minimum atomic E-state index is -0.435. The third kappa shape index (κ3) is 3.59. The maximum atomic E-state index is 13.1. The molecule has 3 aromatic heterocycles. The molecule has 0 unspecified atom stereocenters. The van der Waals surface area contributed by atoms with Gasteiger partial charge in [-0.3, -0.25) is 4.79 Å². The molecule has 0 aliphatic rings. The SMILES string of the molecule is CCOC(=O)c1c(-c2ccccc2)csc1NC(=O)c1cc2sccc2n1CC. The van der Waals surface area contributed by atoms with Crippen molar-refractivity contribution in [3.05, 3.63) is 64.5 Å². The molecule has 4 rings (SSSR count). The molecule has 0 aliphatic heterocycles. The summed E-state index contributed by atoms with van der Waals surface area (Å²) in [5, 5.41) is 7.34. The summed E-state index contributed by atoms with van der Waals surface area (Å²) in [5.41, 5.74) is 3.69. The Morgan fingerprint density at radius 1 is 1.10 bits per heavy atom. The lowest BCUT2D eigenvalue weighted by Gasteiger charge is -2.10. The molecule has 0 atom stereocenters. The molecule has 0 bridgehead atoms. The van der Waals surface area contributed by atoms with Crippen LogP contribution in [0, 0.1) is 0 Å². The van der Waals surface area contributed by atoms with Crippen LogP contribution < -0.4 is 5.32 Å². The van der Waals surface area contributed by atoms with Crippen molar-refractivity contribution in [3.63, 3.8) is 0 Å². The molecule has 0 radical (unpaired) electrons. The zero-order valence-electron chi connectivity index (χ0n) is 16.1. The molecular formula is C22H20N2O3S2. The van der Waals surface area contributed by atoms with E-state index in [4.69, 9.17) is 4.74 Å². The number of benzene rings is 1. The lowest BCUT2D eigenvalue weighted by Crippen LogP contribution is -2.18. The molecule has 0 saturated heterocycles. The summed E-state index contributed by atoms with van der Waals surface area (Å²) in [4.78, 5) is 25.8. The summed E-state index contributed by atoms with van der Waals surface area (Å²) in [5.74, 6) is -0.669. The van der Waals surface area contributed by atoms with E-state index < -0.39 is 5.97 Å². The van der Waals surface area contributed by atoms with Gasteiger partial charge in [-0.25, -0.2) is 4.79 Å². The lowest BCUT2D eigenvalue weighted by molar-refractivity contribution is 0.0529. The molecular weight excluding hydrogens is 404 g/mol. The van der Waals surface area contributed by atoms with Gasteiger partial charge in [0.05, 0.1) is 16.8 Å². The van der Waals surface area contributed by atoms with Gasteiger partial charge in [-0.2, -0.15) is 0 Å². The fraction of sp³-hybridized carbons (Fsp3) is 0.182. The van der Waals surface area contributed by atoms with Gasteiger partial charge in [0.1, 0.15) is 16.3 Å². The number of nitrogens with one attached hydrogen (secondary N) is 1. The number of thiophene rings is 2. The van der Waals surface area contributed by atoms with Gasteiger partial charge < -0.3 is 14.6 Å². The maximum Gasteiger partial charge on any atom is 0.341 e. The number of amides is 1. The molecule has 1 N–H and O–H groups in total. The first-order valence-electron chi connectivity index (χ1n) is 9.36. The van der Waals surface area contributed by atoms with Crippen LogP contribution in [-0.2, 0) is 11.3 Å². The molecule has 0 spiro atoms. The van der Waals surface area contributed by atoms with Gasteiger partial charge in [0.2, 0.25) is 0 Å². The summed E-state index contributed by atoms with van der Waals surface area (Å²) in [7, 11) is 0. The van der Waals surface area contributed by atoms with E-state index in [1.807, 2.05) is 64.7 Å². The van der Waals surface area contributed by atoms with Crippen LogP contribution in [0.1, 0.15) is 34.7 Å². The van der Waals surface area contributed by atoms with Crippen molar-refractivity contribution in [3.8, 4) is 11.1 Å². The second kappa shape index (κ2) is 8.23. The monoisotopic (exact) mass is 424 g/mol. The molecule has 4 aromatic rings. The van der Waals surface area contributed by atoms with E-state index in [1.165, 1.54) is 11.3 Å². The van der Waals surface area contributed by atoms with Crippen molar-refractivity contribution in [2.75, 3.05) is 11.9 Å². The van der Waals surface area contributed by atoms with Crippen LogP contribution in [0.3, 0.4) is 0 Å². The topological polar surface area (TPSA) is 60.3 Å². The van der Waals surface area contributed by atoms with Crippen LogP contribution in [-0.4, -0.2) is 23.1 Å². The van der Waals surface area contributed by atoms with Gasteiger partial charge in [0.25, 0.3) is 5.91 Å². The quantitative estimate of drug-likeness (QED) is 0.393. The molecule has 1 amide bonds. The van der Waals surface area contributed by atoms with E-state index in [9.17, 15) is 9.59 Å². The highest BCUT2D eigenvalue weighted by Crippen LogP contribution is 2.36. The number of esters is 1. The molecule has 0 fully saturated rings. The molecule has 1 aromatic carbocycles. The summed E-state index contributed by atoms with van der Waals surface area (Å²) < 4.78 is 8.32. The predicted molar refractivity (Wildman–Crippen MR) is 119 cm³/mol. The van der Waals surface area contributed by atoms with Crippen LogP contribution >= 0.6 is 22.7 Å². The van der Waals surface area contributed by atoms with E-state index in [2.05, 4.69) is 5.32 Å². The average molecular weight is 425 g/mol. The first-order chi connectivity index (χ1) is 14.1. The van der Waals surface area contributed by atoms with Crippen molar-refractivity contribution in [1.82, 2.24) is 4.57 Å². The Balaban J connectivity index is 1.72. The van der Waals surface area contributed by atoms with E-state index in [1.54, 1.807) is 18.3 Å². The average Bonchev–Trinajstić information content (AvgIpc) is 3.42. The highest BCUT2D eigenvalue weighted by atomic mass is 32.1. The Bertz CT molecular complexity index is 1170. The Kier molecular flexibility index (Phi) is 5.51. The van der Waals surface area contributed by atoms with Crippen molar-refractivity contribution in [2.45, 2.75) is 20.4 Å². The summed E-state index contributed by atoms with van der Waals surface area (Å²) in [6.07, 6.45) is 0. The Morgan fingerprint density at radius 3 is 2.62 bits per heavy atom. The second-order valence-corrected chi connectivity index (χ2v) is 8.17. The number of ether oxygens (including phenoxy) is 1. The van der Waals surface area contributed by atoms with E-state index >= 15 is 0 Å². The van der Waals surface area contributed by atoms with Crippen LogP contribution in [0.5, 0.6) is 0 Å². The van der Waals surface area contributed by atoms with Crippen molar-refractivity contribution in [2.24, 2.45) is 0 Å². The minimum Gasteiger partial charge on any atom is -0.462 e. The summed E-state index contributed by atoms with van der Waals surface area (Å²) in [6, 6.07) is 13.5.